The van der Waals surface area contributed by atoms with E-state index in [0.29, 0.717) is 16.9 Å². The molecule has 0 aliphatic heterocycles. The summed E-state index contributed by atoms with van der Waals surface area (Å²) in [5.41, 5.74) is 3.66. The van der Waals surface area contributed by atoms with Crippen LogP contribution in [0.2, 0.25) is 0 Å². The maximum Gasteiger partial charge on any atom is 0.343 e. The molecule has 10 heteroatoms. The zero-order chi connectivity index (χ0) is 23.5. The number of aryl methyl sites for hydroxylation is 1. The first-order valence-electron chi connectivity index (χ1n) is 9.69. The molecule has 2 aromatic carbocycles. The van der Waals surface area contributed by atoms with Gasteiger partial charge in [-0.3, -0.25) is 4.79 Å². The number of benzene rings is 2. The molecule has 1 aromatic heterocycles. The van der Waals surface area contributed by atoms with Gasteiger partial charge in [-0.2, -0.15) is 9.78 Å². The summed E-state index contributed by atoms with van der Waals surface area (Å²) in [5, 5.41) is 12.0. The van der Waals surface area contributed by atoms with Crippen molar-refractivity contribution in [2.45, 2.75) is 33.1 Å². The molecule has 0 unspecified atom stereocenters. The Hall–Kier alpha value is -3.53. The first kappa shape index (κ1) is 23.1. The Bertz CT molecular complexity index is 1250. The van der Waals surface area contributed by atoms with Crippen LogP contribution in [0.3, 0.4) is 0 Å². The summed E-state index contributed by atoms with van der Waals surface area (Å²) < 4.78 is 7.20. The lowest BCUT2D eigenvalue weighted by atomic mass is 9.93. The normalized spacial score (nSPS) is 11.5. The van der Waals surface area contributed by atoms with Crippen molar-refractivity contribution in [3.05, 3.63) is 79.7 Å². The third kappa shape index (κ3) is 5.20. The fourth-order valence-electron chi connectivity index (χ4n) is 2.78. The highest BCUT2D eigenvalue weighted by Gasteiger charge is 2.22. The second-order valence-corrected chi connectivity index (χ2v) is 8.97. The molecule has 0 saturated carbocycles. The summed E-state index contributed by atoms with van der Waals surface area (Å²) in [6.07, 6.45) is 1.43. The second-order valence-electron chi connectivity index (χ2n) is 8.05. The molecular formula is C22H23BrN6O3. The number of anilines is 1. The number of nitrogens with zero attached hydrogens (tertiary/aromatic N) is 4. The molecule has 1 heterocycles. The van der Waals surface area contributed by atoms with Crippen LogP contribution in [0.25, 0.3) is 0 Å². The topological polar surface area (TPSA) is 124 Å². The molecule has 0 bridgehead atoms. The van der Waals surface area contributed by atoms with E-state index in [2.05, 4.69) is 36.7 Å². The van der Waals surface area contributed by atoms with Crippen LogP contribution >= 0.6 is 15.9 Å². The number of halogens is 1. The van der Waals surface area contributed by atoms with Crippen molar-refractivity contribution >= 4 is 34.1 Å². The third-order valence-electron chi connectivity index (χ3n) is 4.51. The average molecular weight is 499 g/mol. The van der Waals surface area contributed by atoms with Crippen molar-refractivity contribution in [1.29, 1.82) is 0 Å². The highest BCUT2D eigenvalue weighted by atomic mass is 79.9. The van der Waals surface area contributed by atoms with Crippen molar-refractivity contribution in [3.63, 3.8) is 0 Å². The summed E-state index contributed by atoms with van der Waals surface area (Å²) in [5.74, 6) is 5.64. The van der Waals surface area contributed by atoms with Gasteiger partial charge in [-0.1, -0.05) is 54.9 Å². The Balaban J connectivity index is 1.83. The van der Waals surface area contributed by atoms with Gasteiger partial charge in [0.25, 0.3) is 11.5 Å². The van der Waals surface area contributed by atoms with Crippen LogP contribution in [0.1, 0.15) is 48.0 Å². The Kier molecular flexibility index (Phi) is 6.73. The molecule has 32 heavy (non-hydrogen) atoms. The van der Waals surface area contributed by atoms with Gasteiger partial charge in [0, 0.05) is 15.5 Å². The lowest BCUT2D eigenvalue weighted by Crippen LogP contribution is -2.38. The SMILES string of the molecule is Cc1ccccc1C(=O)Oc1ccc(Br)cc1/C=N/Nc1nnc(C(C)(C)C)c(=O)n1N. The van der Waals surface area contributed by atoms with Gasteiger partial charge >= 0.3 is 5.97 Å². The number of nitrogens with two attached hydrogens (primary N) is 1. The van der Waals surface area contributed by atoms with Crippen LogP contribution in [0.15, 0.2) is 56.8 Å². The number of nitrogens with one attached hydrogen (secondary N) is 1. The average Bonchev–Trinajstić information content (AvgIpc) is 2.72. The third-order valence-corrected chi connectivity index (χ3v) is 5.01. The van der Waals surface area contributed by atoms with E-state index in [4.69, 9.17) is 10.6 Å². The van der Waals surface area contributed by atoms with Crippen molar-refractivity contribution < 1.29 is 9.53 Å². The Morgan fingerprint density at radius 2 is 1.94 bits per heavy atom. The van der Waals surface area contributed by atoms with Crippen LogP contribution in [-0.4, -0.2) is 27.1 Å². The minimum Gasteiger partial charge on any atom is -0.422 e. The highest BCUT2D eigenvalue weighted by Crippen LogP contribution is 2.23. The van der Waals surface area contributed by atoms with Gasteiger partial charge in [0.2, 0.25) is 0 Å². The number of esters is 1. The van der Waals surface area contributed by atoms with Gasteiger partial charge in [-0.25, -0.2) is 10.2 Å². The molecule has 0 radical (unpaired) electrons. The molecule has 0 amide bonds. The van der Waals surface area contributed by atoms with Crippen LogP contribution < -0.4 is 21.6 Å². The van der Waals surface area contributed by atoms with Crippen LogP contribution in [0.5, 0.6) is 5.75 Å². The molecule has 0 saturated heterocycles. The van der Waals surface area contributed by atoms with E-state index in [0.717, 1.165) is 14.7 Å². The first-order valence-corrected chi connectivity index (χ1v) is 10.5. The standard InChI is InChI=1S/C22H23BrN6O3/c1-13-7-5-6-8-16(13)20(31)32-17-10-9-15(23)11-14(17)12-25-27-21-28-26-18(22(2,3)4)19(30)29(21)24/h5-12H,24H2,1-4H3,(H,27,28)/b25-12+. The quantitative estimate of drug-likeness (QED) is 0.181. The summed E-state index contributed by atoms with van der Waals surface area (Å²) in [6.45, 7) is 7.37. The minimum absolute atomic E-state index is 0.0345. The predicted octanol–water partition coefficient (Wildman–Crippen LogP) is 3.39. The Morgan fingerprint density at radius 3 is 2.62 bits per heavy atom. The molecule has 0 fully saturated rings. The van der Waals surface area contributed by atoms with E-state index in [9.17, 15) is 9.59 Å². The van der Waals surface area contributed by atoms with Gasteiger partial charge in [-0.15, -0.1) is 10.2 Å². The predicted molar refractivity (Wildman–Crippen MR) is 127 cm³/mol. The van der Waals surface area contributed by atoms with Crippen molar-refractivity contribution in [3.8, 4) is 5.75 Å². The zero-order valence-corrected chi connectivity index (χ0v) is 19.7. The number of carbonyl (C=O) groups excluding carboxylic acids is 1. The van der Waals surface area contributed by atoms with E-state index < -0.39 is 16.9 Å². The summed E-state index contributed by atoms with van der Waals surface area (Å²) in [7, 11) is 0. The van der Waals surface area contributed by atoms with Gasteiger partial charge in [0.15, 0.2) is 0 Å². The monoisotopic (exact) mass is 498 g/mol. The van der Waals surface area contributed by atoms with Crippen LogP contribution in [0, 0.1) is 6.92 Å². The number of hydrazone groups is 1. The van der Waals surface area contributed by atoms with Crippen LogP contribution in [-0.2, 0) is 5.41 Å². The fourth-order valence-corrected chi connectivity index (χ4v) is 3.15. The Labute approximate surface area is 193 Å². The lowest BCUT2D eigenvalue weighted by Gasteiger charge is -2.17. The molecule has 9 nitrogen and oxygen atoms in total. The fraction of sp³-hybridized carbons (Fsp3) is 0.227. The molecule has 0 atom stereocenters. The molecular weight excluding hydrogens is 476 g/mol. The number of carbonyl (C=O) groups is 1. The molecule has 3 rings (SSSR count). The maximum atomic E-state index is 12.6. The largest absolute Gasteiger partial charge is 0.422 e. The van der Waals surface area contributed by atoms with Crippen molar-refractivity contribution in [2.24, 2.45) is 5.10 Å². The number of hydrogen-bond donors (Lipinski definition) is 2. The second kappa shape index (κ2) is 9.31. The molecule has 3 N–H and O–H groups in total. The molecule has 0 spiro atoms. The molecule has 0 aliphatic carbocycles. The van der Waals surface area contributed by atoms with Gasteiger partial charge in [0.05, 0.1) is 11.8 Å². The highest BCUT2D eigenvalue weighted by molar-refractivity contribution is 9.10. The zero-order valence-electron chi connectivity index (χ0n) is 18.1. The van der Waals surface area contributed by atoms with Gasteiger partial charge in [-0.05, 0) is 36.8 Å². The number of ether oxygens (including phenoxy) is 1. The number of aromatic nitrogens is 3. The summed E-state index contributed by atoms with van der Waals surface area (Å²) >= 11 is 3.39. The van der Waals surface area contributed by atoms with Crippen molar-refractivity contribution in [2.75, 3.05) is 11.3 Å². The summed E-state index contributed by atoms with van der Waals surface area (Å²) in [6, 6.07) is 12.3. The maximum absolute atomic E-state index is 12.6. The van der Waals surface area contributed by atoms with E-state index in [1.165, 1.54) is 6.21 Å². The van der Waals surface area contributed by atoms with E-state index >= 15 is 0 Å². The van der Waals surface area contributed by atoms with Crippen LogP contribution in [0.4, 0.5) is 5.95 Å². The van der Waals surface area contributed by atoms with E-state index in [1.807, 2.05) is 39.8 Å². The molecule has 0 aliphatic rings. The van der Waals surface area contributed by atoms with Crippen molar-refractivity contribution in [1.82, 2.24) is 14.9 Å². The van der Waals surface area contributed by atoms with Gasteiger partial charge in [0.1, 0.15) is 11.4 Å². The lowest BCUT2D eigenvalue weighted by molar-refractivity contribution is 0.0733. The number of nitrogen functional groups attached to an aromatic ring is 1. The minimum atomic E-state index is -0.501. The first-order chi connectivity index (χ1) is 15.1. The molecule has 3 aromatic rings. The smallest absolute Gasteiger partial charge is 0.343 e. The van der Waals surface area contributed by atoms with Gasteiger partial charge < -0.3 is 10.6 Å². The Morgan fingerprint density at radius 1 is 1.22 bits per heavy atom. The van der Waals surface area contributed by atoms with E-state index in [-0.39, 0.29) is 11.6 Å². The number of hydrogen-bond acceptors (Lipinski definition) is 8. The molecule has 166 valence electrons. The number of rotatable bonds is 5. The summed E-state index contributed by atoms with van der Waals surface area (Å²) in [4.78, 5) is 25.0. The van der Waals surface area contributed by atoms with E-state index in [1.54, 1.807) is 30.3 Å².